The summed E-state index contributed by atoms with van der Waals surface area (Å²) < 4.78 is 2.22. The normalized spacial score (nSPS) is 12.3. The predicted molar refractivity (Wildman–Crippen MR) is 202 cm³/mol. The largest absolute Gasteiger partial charge is 0.478 e. The highest BCUT2D eigenvalue weighted by atomic mass is 79.9. The highest BCUT2D eigenvalue weighted by molar-refractivity contribution is 9.15. The van der Waals surface area contributed by atoms with Crippen LogP contribution in [0.3, 0.4) is 0 Å². The second-order valence-electron chi connectivity index (χ2n) is 9.35. The molecule has 46 heavy (non-hydrogen) atoms. The molecule has 0 spiro atoms. The number of nitrogens with one attached hydrogen (secondary N) is 2. The number of hydrogen-bond donors (Lipinski definition) is 4. The van der Waals surface area contributed by atoms with Crippen LogP contribution in [0.25, 0.3) is 0 Å². The summed E-state index contributed by atoms with van der Waals surface area (Å²) in [5, 5.41) is 26.1. The number of carboxylic acids is 2. The first-order chi connectivity index (χ1) is 21.7. The molecule has 0 heterocycles. The molecular weight excluding hydrogens is 1120 g/mol. The zero-order chi connectivity index (χ0) is 34.0. The summed E-state index contributed by atoms with van der Waals surface area (Å²) in [5.74, 6) is -4.23. The molecular formula is C30H16Br8N2O6. The standard InChI is InChI=1S/C30H16Br8N2O6/c31-17-13(15(29(43)44)19(33)23(37)21(17)35)27(41)39-25(11-7-3-1-4-8-11)26(12-9-5-2-6-10-12)40-28(42)14-16(30(45)46)20(34)24(38)22(36)18(14)32/h1-10,25-26H,(H,39,41)(H,40,42)(H,43,44)(H,45,46)/t25-,26-/m0/s1. The van der Waals surface area contributed by atoms with Crippen LogP contribution < -0.4 is 10.6 Å². The summed E-state index contributed by atoms with van der Waals surface area (Å²) in [6.07, 6.45) is 0. The molecule has 8 nitrogen and oxygen atoms in total. The molecule has 2 atom stereocenters. The quantitative estimate of drug-likeness (QED) is 0.0975. The molecule has 4 aromatic carbocycles. The first-order valence-corrected chi connectivity index (χ1v) is 18.9. The van der Waals surface area contributed by atoms with Crippen molar-refractivity contribution in [2.75, 3.05) is 0 Å². The lowest BCUT2D eigenvalue weighted by atomic mass is 9.92. The summed E-state index contributed by atoms with van der Waals surface area (Å²) in [6, 6.07) is 15.6. The van der Waals surface area contributed by atoms with Crippen LogP contribution >= 0.6 is 127 Å². The average Bonchev–Trinajstić information content (AvgIpc) is 3.03. The third kappa shape index (κ3) is 7.58. The Labute approximate surface area is 329 Å². The molecule has 0 fully saturated rings. The minimum absolute atomic E-state index is 0.141. The third-order valence-corrected chi connectivity index (χ3v) is 16.2. The number of carbonyl (C=O) groups is 4. The van der Waals surface area contributed by atoms with Gasteiger partial charge in [0.25, 0.3) is 11.8 Å². The molecule has 0 bridgehead atoms. The third-order valence-electron chi connectivity index (χ3n) is 6.64. The number of amides is 2. The van der Waals surface area contributed by atoms with Gasteiger partial charge in [0.2, 0.25) is 0 Å². The van der Waals surface area contributed by atoms with E-state index in [2.05, 4.69) is 138 Å². The molecule has 0 radical (unpaired) electrons. The minimum Gasteiger partial charge on any atom is -0.478 e. The fourth-order valence-corrected chi connectivity index (χ4v) is 9.49. The Hall–Kier alpha value is -1.40. The lowest BCUT2D eigenvalue weighted by Crippen LogP contribution is -2.41. The number of halogens is 8. The van der Waals surface area contributed by atoms with Crippen LogP contribution in [-0.4, -0.2) is 34.0 Å². The molecule has 0 aliphatic heterocycles. The number of carboxylic acid groups (broad SMARTS) is 2. The van der Waals surface area contributed by atoms with Crippen LogP contribution in [0.15, 0.2) is 96.4 Å². The van der Waals surface area contributed by atoms with Gasteiger partial charge in [0.1, 0.15) is 0 Å². The molecule has 2 amide bonds. The average molecular weight is 1140 g/mol. The first kappa shape index (κ1) is 37.4. The van der Waals surface area contributed by atoms with Crippen molar-refractivity contribution in [1.82, 2.24) is 10.6 Å². The maximum atomic E-state index is 14.1. The molecule has 4 N–H and O–H groups in total. The zero-order valence-electron chi connectivity index (χ0n) is 22.5. The zero-order valence-corrected chi connectivity index (χ0v) is 35.2. The van der Waals surface area contributed by atoms with E-state index in [1.165, 1.54) is 0 Å². The Kier molecular flexibility index (Phi) is 12.9. The van der Waals surface area contributed by atoms with Gasteiger partial charge in [-0.15, -0.1) is 0 Å². The molecule has 4 rings (SSSR count). The Balaban J connectivity index is 1.92. The van der Waals surface area contributed by atoms with Crippen molar-refractivity contribution in [3.05, 3.63) is 130 Å². The number of aromatic carboxylic acids is 2. The molecule has 16 heteroatoms. The van der Waals surface area contributed by atoms with Crippen molar-refractivity contribution >= 4 is 151 Å². The predicted octanol–water partition coefficient (Wildman–Crippen LogP) is 10.8. The SMILES string of the molecule is O=C(O)c1c(Br)c(Br)c(Br)c(Br)c1C(=O)N[C@@H](c1ccccc1)[C@@H](NC(=O)c1c(Br)c(Br)c(Br)c(Br)c1C(=O)O)c1ccccc1. The molecule has 238 valence electrons. The van der Waals surface area contributed by atoms with E-state index >= 15 is 0 Å². The van der Waals surface area contributed by atoms with Gasteiger partial charge in [-0.25, -0.2) is 9.59 Å². The van der Waals surface area contributed by atoms with Gasteiger partial charge in [-0.2, -0.15) is 0 Å². The van der Waals surface area contributed by atoms with Gasteiger partial charge in [-0.1, -0.05) is 60.7 Å². The Morgan fingerprint density at radius 1 is 0.435 bits per heavy atom. The number of benzene rings is 4. The van der Waals surface area contributed by atoms with Crippen molar-refractivity contribution in [2.24, 2.45) is 0 Å². The smallest absolute Gasteiger partial charge is 0.337 e. The van der Waals surface area contributed by atoms with Crippen molar-refractivity contribution in [1.29, 1.82) is 0 Å². The first-order valence-electron chi connectivity index (χ1n) is 12.6. The molecule has 0 aliphatic rings. The molecule has 0 saturated carbocycles. The van der Waals surface area contributed by atoms with E-state index in [0.29, 0.717) is 29.0 Å². The summed E-state index contributed by atoms with van der Waals surface area (Å²) >= 11 is 26.8. The molecule has 0 unspecified atom stereocenters. The minimum atomic E-state index is -1.35. The van der Waals surface area contributed by atoms with Gasteiger partial charge in [0.15, 0.2) is 0 Å². The summed E-state index contributed by atoms with van der Waals surface area (Å²) in [6.45, 7) is 0. The van der Waals surface area contributed by atoms with Crippen molar-refractivity contribution in [3.8, 4) is 0 Å². The van der Waals surface area contributed by atoms with E-state index in [1.54, 1.807) is 60.7 Å². The van der Waals surface area contributed by atoms with E-state index in [1.807, 2.05) is 0 Å². The lowest BCUT2D eigenvalue weighted by molar-refractivity contribution is 0.0680. The van der Waals surface area contributed by atoms with Crippen LogP contribution in [-0.2, 0) is 0 Å². The second kappa shape index (κ2) is 15.9. The molecule has 0 aliphatic carbocycles. The van der Waals surface area contributed by atoms with Crippen molar-refractivity contribution in [2.45, 2.75) is 12.1 Å². The van der Waals surface area contributed by atoms with Gasteiger partial charge >= 0.3 is 11.9 Å². The Morgan fingerprint density at radius 3 is 0.957 bits per heavy atom. The van der Waals surface area contributed by atoms with Crippen LogP contribution in [0, 0.1) is 0 Å². The number of hydrogen-bond acceptors (Lipinski definition) is 4. The van der Waals surface area contributed by atoms with E-state index < -0.39 is 35.8 Å². The molecule has 0 aromatic heterocycles. The Morgan fingerprint density at radius 2 is 0.696 bits per heavy atom. The van der Waals surface area contributed by atoms with E-state index in [9.17, 15) is 29.4 Å². The molecule has 4 aromatic rings. The molecule has 0 saturated heterocycles. The fourth-order valence-electron chi connectivity index (χ4n) is 4.56. The summed E-state index contributed by atoms with van der Waals surface area (Å²) in [5.41, 5.74) is 0.195. The highest BCUT2D eigenvalue weighted by Crippen LogP contribution is 2.44. The van der Waals surface area contributed by atoms with Gasteiger partial charge in [-0.05, 0) is 139 Å². The summed E-state index contributed by atoms with van der Waals surface area (Å²) in [7, 11) is 0. The van der Waals surface area contributed by atoms with Gasteiger partial charge < -0.3 is 20.8 Å². The maximum Gasteiger partial charge on any atom is 0.337 e. The monoisotopic (exact) mass is 1130 g/mol. The highest BCUT2D eigenvalue weighted by Gasteiger charge is 2.35. The van der Waals surface area contributed by atoms with E-state index in [0.717, 1.165) is 0 Å². The lowest BCUT2D eigenvalue weighted by Gasteiger charge is -2.31. The van der Waals surface area contributed by atoms with Crippen LogP contribution in [0.5, 0.6) is 0 Å². The van der Waals surface area contributed by atoms with Crippen LogP contribution in [0.2, 0.25) is 0 Å². The van der Waals surface area contributed by atoms with E-state index in [4.69, 9.17) is 0 Å². The van der Waals surface area contributed by atoms with E-state index in [-0.39, 0.29) is 40.1 Å². The second-order valence-corrected chi connectivity index (χ2v) is 15.7. The van der Waals surface area contributed by atoms with Gasteiger partial charge in [0, 0.05) is 35.8 Å². The van der Waals surface area contributed by atoms with Gasteiger partial charge in [-0.3, -0.25) is 9.59 Å². The number of rotatable bonds is 9. The van der Waals surface area contributed by atoms with Crippen LogP contribution in [0.1, 0.15) is 64.6 Å². The maximum absolute atomic E-state index is 14.1. The summed E-state index contributed by atoms with van der Waals surface area (Å²) in [4.78, 5) is 53.0. The van der Waals surface area contributed by atoms with Crippen molar-refractivity contribution in [3.63, 3.8) is 0 Å². The number of carbonyl (C=O) groups excluding carboxylic acids is 2. The fraction of sp³-hybridized carbons (Fsp3) is 0.0667. The van der Waals surface area contributed by atoms with Crippen LogP contribution in [0.4, 0.5) is 0 Å². The van der Waals surface area contributed by atoms with Gasteiger partial charge in [0.05, 0.1) is 34.3 Å². The Bertz CT molecular complexity index is 1750. The van der Waals surface area contributed by atoms with Crippen molar-refractivity contribution < 1.29 is 29.4 Å². The topological polar surface area (TPSA) is 133 Å².